The maximum atomic E-state index is 10.3. The smallest absolute Gasteiger partial charge is 0.244 e. The summed E-state index contributed by atoms with van der Waals surface area (Å²) in [6.07, 6.45) is -1.04. The first kappa shape index (κ1) is 15.1. The van der Waals surface area contributed by atoms with Crippen molar-refractivity contribution in [3.63, 3.8) is 0 Å². The quantitative estimate of drug-likeness (QED) is 0.760. The summed E-state index contributed by atoms with van der Waals surface area (Å²) in [6.45, 7) is 3.76. The summed E-state index contributed by atoms with van der Waals surface area (Å²) in [5.74, 6) is 1.13. The summed E-state index contributed by atoms with van der Waals surface area (Å²) < 4.78 is 7.04. The molecule has 0 spiro atoms. The fourth-order valence-electron chi connectivity index (χ4n) is 2.61. The number of benzene rings is 1. The molecule has 4 N–H and O–H groups in total. The van der Waals surface area contributed by atoms with Crippen LogP contribution in [0.25, 0.3) is 0 Å². The summed E-state index contributed by atoms with van der Waals surface area (Å²) in [5, 5.41) is 26.8. The van der Waals surface area contributed by atoms with Crippen LogP contribution in [0.5, 0.6) is 5.75 Å². The number of fused-ring (bicyclic) bond motifs is 1. The van der Waals surface area contributed by atoms with Gasteiger partial charge in [0.05, 0.1) is 23.1 Å². The van der Waals surface area contributed by atoms with Crippen LogP contribution in [0, 0.1) is 16.7 Å². The lowest BCUT2D eigenvalue weighted by molar-refractivity contribution is -0.121. The molecule has 8 nitrogen and oxygen atoms in total. The van der Waals surface area contributed by atoms with Gasteiger partial charge in [-0.2, -0.15) is 10.2 Å². The lowest BCUT2D eigenvalue weighted by Gasteiger charge is -2.43. The molecule has 2 aromatic rings. The molecule has 0 saturated carbocycles. The number of aryl methyl sites for hydroxylation is 1. The number of hydrogen-bond acceptors (Lipinski definition) is 7. The minimum atomic E-state index is -1.04. The molecule has 1 aromatic carbocycles. The molecule has 2 atom stereocenters. The molecule has 1 aliphatic rings. The Labute approximate surface area is 133 Å². The Morgan fingerprint density at radius 1 is 1.48 bits per heavy atom. The van der Waals surface area contributed by atoms with Crippen molar-refractivity contribution >= 4 is 11.9 Å². The molecule has 1 aliphatic heterocycles. The Morgan fingerprint density at radius 2 is 2.22 bits per heavy atom. The lowest BCUT2D eigenvalue weighted by Crippen LogP contribution is -2.46. The molecule has 1 aromatic heterocycles. The summed E-state index contributed by atoms with van der Waals surface area (Å²) in [5.41, 5.74) is 6.36. The van der Waals surface area contributed by atoms with Gasteiger partial charge in [-0.15, -0.1) is 5.10 Å². The number of nitrogen functional groups attached to an aromatic ring is 1. The van der Waals surface area contributed by atoms with Gasteiger partial charge in [-0.3, -0.25) is 0 Å². The number of nitrogens with two attached hydrogens (primary N) is 1. The zero-order valence-electron chi connectivity index (χ0n) is 13.1. The van der Waals surface area contributed by atoms with E-state index >= 15 is 0 Å². The molecule has 0 amide bonds. The van der Waals surface area contributed by atoms with Gasteiger partial charge in [0.1, 0.15) is 5.75 Å². The number of rotatable bonds is 2. The van der Waals surface area contributed by atoms with Crippen molar-refractivity contribution in [3.8, 4) is 11.8 Å². The Kier molecular flexibility index (Phi) is 3.38. The third kappa shape index (κ3) is 2.45. The molecule has 2 heterocycles. The first-order valence-electron chi connectivity index (χ1n) is 7.14. The van der Waals surface area contributed by atoms with Crippen LogP contribution in [0.4, 0.5) is 11.9 Å². The SMILES string of the molecule is Cn1nc(NC2c3ccc(C#N)cc3OC(O)C2(C)C)nc1N. The minimum absolute atomic E-state index is 0.290. The summed E-state index contributed by atoms with van der Waals surface area (Å²) in [6, 6.07) is 6.89. The van der Waals surface area contributed by atoms with E-state index in [0.717, 1.165) is 5.56 Å². The van der Waals surface area contributed by atoms with Crippen molar-refractivity contribution in [1.29, 1.82) is 5.26 Å². The van der Waals surface area contributed by atoms with Gasteiger partial charge in [0, 0.05) is 12.6 Å². The monoisotopic (exact) mass is 314 g/mol. The van der Waals surface area contributed by atoms with E-state index in [2.05, 4.69) is 21.5 Å². The van der Waals surface area contributed by atoms with Gasteiger partial charge in [0.15, 0.2) is 0 Å². The maximum Gasteiger partial charge on any atom is 0.244 e. The first-order valence-corrected chi connectivity index (χ1v) is 7.14. The molecule has 3 rings (SSSR count). The third-order valence-electron chi connectivity index (χ3n) is 4.14. The van der Waals surface area contributed by atoms with E-state index in [1.807, 2.05) is 19.9 Å². The van der Waals surface area contributed by atoms with Crippen LogP contribution in [0.1, 0.15) is 31.0 Å². The van der Waals surface area contributed by atoms with E-state index in [0.29, 0.717) is 17.3 Å². The lowest BCUT2D eigenvalue weighted by atomic mass is 9.77. The maximum absolute atomic E-state index is 10.3. The van der Waals surface area contributed by atoms with Crippen LogP contribution < -0.4 is 15.8 Å². The molecule has 8 heteroatoms. The number of nitrogens with one attached hydrogen (secondary N) is 1. The van der Waals surface area contributed by atoms with Crippen molar-refractivity contribution in [2.45, 2.75) is 26.2 Å². The number of hydrogen-bond donors (Lipinski definition) is 3. The Bertz CT molecular complexity index is 772. The highest BCUT2D eigenvalue weighted by atomic mass is 16.6. The fraction of sp³-hybridized carbons (Fsp3) is 0.400. The van der Waals surface area contributed by atoms with Crippen LogP contribution in [0.2, 0.25) is 0 Å². The summed E-state index contributed by atoms with van der Waals surface area (Å²) in [4.78, 5) is 4.15. The van der Waals surface area contributed by atoms with E-state index in [-0.39, 0.29) is 12.0 Å². The number of aliphatic hydroxyl groups excluding tert-OH is 1. The van der Waals surface area contributed by atoms with Gasteiger partial charge in [-0.1, -0.05) is 19.9 Å². The number of aromatic nitrogens is 3. The van der Waals surface area contributed by atoms with E-state index in [9.17, 15) is 5.11 Å². The number of aliphatic hydroxyl groups is 1. The van der Waals surface area contributed by atoms with Crippen molar-refractivity contribution in [2.75, 3.05) is 11.1 Å². The average Bonchev–Trinajstić information content (AvgIpc) is 2.82. The zero-order chi connectivity index (χ0) is 16.8. The van der Waals surface area contributed by atoms with Crippen molar-refractivity contribution in [3.05, 3.63) is 29.3 Å². The number of nitrogens with zero attached hydrogens (tertiary/aromatic N) is 4. The highest BCUT2D eigenvalue weighted by Crippen LogP contribution is 2.47. The Morgan fingerprint density at radius 3 is 2.83 bits per heavy atom. The van der Waals surface area contributed by atoms with Crippen molar-refractivity contribution in [2.24, 2.45) is 12.5 Å². The third-order valence-corrected chi connectivity index (χ3v) is 4.14. The molecule has 120 valence electrons. The predicted molar refractivity (Wildman–Crippen MR) is 83.4 cm³/mol. The van der Waals surface area contributed by atoms with E-state index in [1.165, 1.54) is 4.68 Å². The summed E-state index contributed by atoms with van der Waals surface area (Å²) >= 11 is 0. The minimum Gasteiger partial charge on any atom is -0.464 e. The molecule has 23 heavy (non-hydrogen) atoms. The van der Waals surface area contributed by atoms with Gasteiger partial charge in [0.25, 0.3) is 0 Å². The van der Waals surface area contributed by atoms with Crippen molar-refractivity contribution in [1.82, 2.24) is 14.8 Å². The second-order valence-corrected chi connectivity index (χ2v) is 6.15. The molecule has 0 radical (unpaired) electrons. The van der Waals surface area contributed by atoms with Crippen LogP contribution in [-0.4, -0.2) is 26.2 Å². The number of ether oxygens (including phenoxy) is 1. The molecule has 0 saturated heterocycles. The van der Waals surface area contributed by atoms with Crippen LogP contribution >= 0.6 is 0 Å². The molecule has 0 fully saturated rings. The average molecular weight is 314 g/mol. The molecular formula is C15H18N6O2. The van der Waals surface area contributed by atoms with E-state index in [1.54, 1.807) is 19.2 Å². The van der Waals surface area contributed by atoms with E-state index < -0.39 is 11.7 Å². The predicted octanol–water partition coefficient (Wildman–Crippen LogP) is 1.16. The molecule has 0 aliphatic carbocycles. The van der Waals surface area contributed by atoms with Gasteiger partial charge >= 0.3 is 0 Å². The highest BCUT2D eigenvalue weighted by Gasteiger charge is 2.45. The fourth-order valence-corrected chi connectivity index (χ4v) is 2.61. The number of anilines is 2. The van der Waals surface area contributed by atoms with Gasteiger partial charge in [-0.25, -0.2) is 4.68 Å². The van der Waals surface area contributed by atoms with Gasteiger partial charge in [-0.05, 0) is 12.1 Å². The van der Waals surface area contributed by atoms with Crippen LogP contribution in [0.3, 0.4) is 0 Å². The standard InChI is InChI=1S/C15H18N6O2/c1-15(2)11(18-14-19-13(17)21(3)20-14)9-5-4-8(7-16)6-10(9)23-12(15)22/h4-6,11-12,22H,1-3H3,(H3,17,18,19,20). The summed E-state index contributed by atoms with van der Waals surface area (Å²) in [7, 11) is 1.70. The zero-order valence-corrected chi connectivity index (χ0v) is 13.1. The first-order chi connectivity index (χ1) is 10.8. The Balaban J connectivity index is 2.04. The second-order valence-electron chi connectivity index (χ2n) is 6.15. The second kappa shape index (κ2) is 5.14. The normalized spacial score (nSPS) is 21.9. The van der Waals surface area contributed by atoms with Crippen LogP contribution in [0.15, 0.2) is 18.2 Å². The van der Waals surface area contributed by atoms with E-state index in [4.69, 9.17) is 15.7 Å². The van der Waals surface area contributed by atoms with Crippen molar-refractivity contribution < 1.29 is 9.84 Å². The molecule has 0 bridgehead atoms. The Hall–Kier alpha value is -2.79. The van der Waals surface area contributed by atoms with Gasteiger partial charge in [0.2, 0.25) is 18.2 Å². The molecular weight excluding hydrogens is 296 g/mol. The van der Waals surface area contributed by atoms with Gasteiger partial charge < -0.3 is 20.9 Å². The van der Waals surface area contributed by atoms with Crippen LogP contribution in [-0.2, 0) is 7.05 Å². The number of nitriles is 1. The largest absolute Gasteiger partial charge is 0.464 e. The highest BCUT2D eigenvalue weighted by molar-refractivity contribution is 5.49. The topological polar surface area (TPSA) is 122 Å². The molecule has 2 unspecified atom stereocenters.